The first-order chi connectivity index (χ1) is 12.7. The molecule has 8 nitrogen and oxygen atoms in total. The average molecular weight is 370 g/mol. The number of likely N-dealkylation sites (N-methyl/N-ethyl adjacent to an activating group) is 1. The molecule has 1 atom stereocenters. The van der Waals surface area contributed by atoms with Crippen molar-refractivity contribution in [3.05, 3.63) is 42.6 Å². The monoisotopic (exact) mass is 370 g/mol. The zero-order chi connectivity index (χ0) is 19.8. The summed E-state index contributed by atoms with van der Waals surface area (Å²) in [5.74, 6) is 1.36. The van der Waals surface area contributed by atoms with Gasteiger partial charge >= 0.3 is 6.09 Å². The summed E-state index contributed by atoms with van der Waals surface area (Å²) >= 11 is 0. The molecule has 27 heavy (non-hydrogen) atoms. The van der Waals surface area contributed by atoms with E-state index in [2.05, 4.69) is 4.98 Å². The fourth-order valence-electron chi connectivity index (χ4n) is 2.83. The van der Waals surface area contributed by atoms with Crippen LogP contribution in [0, 0.1) is 0 Å². The Hall–Kier alpha value is -2.87. The van der Waals surface area contributed by atoms with E-state index in [1.54, 1.807) is 13.2 Å². The van der Waals surface area contributed by atoms with Crippen molar-refractivity contribution < 1.29 is 9.53 Å². The van der Waals surface area contributed by atoms with E-state index >= 15 is 0 Å². The zero-order valence-electron chi connectivity index (χ0n) is 16.4. The number of pyridine rings is 1. The van der Waals surface area contributed by atoms with Crippen LogP contribution in [0.5, 0.6) is 0 Å². The summed E-state index contributed by atoms with van der Waals surface area (Å²) in [6, 6.07) is 5.48. The number of amides is 1. The Morgan fingerprint density at radius 2 is 2.04 bits per heavy atom. The smallest absolute Gasteiger partial charge is 0.410 e. The molecule has 0 fully saturated rings. The highest BCUT2D eigenvalue weighted by Gasteiger charge is 2.23. The van der Waals surface area contributed by atoms with Gasteiger partial charge in [0.15, 0.2) is 0 Å². The van der Waals surface area contributed by atoms with Crippen LogP contribution in [-0.4, -0.2) is 49.3 Å². The van der Waals surface area contributed by atoms with Gasteiger partial charge < -0.3 is 19.9 Å². The molecule has 2 N–H and O–H groups in total. The lowest BCUT2D eigenvalue weighted by atomic mass is 10.2. The average Bonchev–Trinajstić information content (AvgIpc) is 3.20. The van der Waals surface area contributed by atoms with Crippen molar-refractivity contribution in [2.75, 3.05) is 13.6 Å². The van der Waals surface area contributed by atoms with E-state index in [1.807, 2.05) is 67.5 Å². The molecule has 0 aliphatic carbocycles. The van der Waals surface area contributed by atoms with Crippen molar-refractivity contribution in [1.82, 2.24) is 24.0 Å². The Bertz CT molecular complexity index is 953. The number of nitrogens with zero attached hydrogens (tertiary/aromatic N) is 5. The number of ether oxygens (including phenoxy) is 1. The van der Waals surface area contributed by atoms with Crippen molar-refractivity contribution in [2.24, 2.45) is 12.8 Å². The largest absolute Gasteiger partial charge is 0.444 e. The van der Waals surface area contributed by atoms with Gasteiger partial charge in [-0.3, -0.25) is 4.57 Å². The zero-order valence-corrected chi connectivity index (χ0v) is 16.4. The Morgan fingerprint density at radius 1 is 1.30 bits per heavy atom. The maximum Gasteiger partial charge on any atom is 0.410 e. The van der Waals surface area contributed by atoms with Crippen LogP contribution in [0.2, 0.25) is 0 Å². The normalized spacial score (nSPS) is 13.0. The summed E-state index contributed by atoms with van der Waals surface area (Å²) in [6.07, 6.45) is 5.05. The lowest BCUT2D eigenvalue weighted by Gasteiger charge is -2.26. The number of nitrogens with two attached hydrogens (primary N) is 1. The van der Waals surface area contributed by atoms with Crippen LogP contribution < -0.4 is 5.73 Å². The number of fused-ring (bicyclic) bond motifs is 1. The maximum atomic E-state index is 12.2. The third-order valence-electron chi connectivity index (χ3n) is 4.13. The van der Waals surface area contributed by atoms with Crippen molar-refractivity contribution in [3.8, 4) is 5.82 Å². The molecular formula is C19H26N6O2. The Kier molecular flexibility index (Phi) is 4.93. The first kappa shape index (κ1) is 18.9. The summed E-state index contributed by atoms with van der Waals surface area (Å²) in [7, 11) is 3.62. The number of carbonyl (C=O) groups is 1. The summed E-state index contributed by atoms with van der Waals surface area (Å²) in [6.45, 7) is 5.77. The molecule has 0 aromatic carbocycles. The van der Waals surface area contributed by atoms with E-state index in [0.717, 1.165) is 16.9 Å². The van der Waals surface area contributed by atoms with Crippen LogP contribution in [-0.2, 0) is 11.8 Å². The predicted molar refractivity (Wildman–Crippen MR) is 104 cm³/mol. The highest BCUT2D eigenvalue weighted by atomic mass is 16.6. The van der Waals surface area contributed by atoms with Crippen LogP contribution in [0.3, 0.4) is 0 Å². The van der Waals surface area contributed by atoms with Gasteiger partial charge in [0.05, 0.1) is 6.04 Å². The second kappa shape index (κ2) is 7.03. The number of hydrogen-bond donors (Lipinski definition) is 1. The van der Waals surface area contributed by atoms with Crippen molar-refractivity contribution in [2.45, 2.75) is 32.4 Å². The number of rotatable bonds is 4. The molecule has 0 bridgehead atoms. The van der Waals surface area contributed by atoms with Crippen molar-refractivity contribution in [1.29, 1.82) is 0 Å². The summed E-state index contributed by atoms with van der Waals surface area (Å²) in [5, 5.41) is 1.07. The molecule has 0 saturated carbocycles. The highest BCUT2D eigenvalue weighted by Crippen LogP contribution is 2.19. The number of carbonyl (C=O) groups excluding carboxylic acids is 1. The molecule has 144 valence electrons. The van der Waals surface area contributed by atoms with Crippen LogP contribution in [0.1, 0.15) is 32.6 Å². The molecule has 1 amide bonds. The van der Waals surface area contributed by atoms with Crippen LogP contribution in [0.4, 0.5) is 4.79 Å². The van der Waals surface area contributed by atoms with E-state index in [1.165, 1.54) is 4.90 Å². The van der Waals surface area contributed by atoms with Crippen molar-refractivity contribution >= 4 is 17.1 Å². The number of hydrogen-bond acceptors (Lipinski definition) is 5. The van der Waals surface area contributed by atoms with E-state index in [0.29, 0.717) is 5.82 Å². The van der Waals surface area contributed by atoms with Crippen LogP contribution in [0.15, 0.2) is 36.8 Å². The summed E-state index contributed by atoms with van der Waals surface area (Å²) < 4.78 is 9.19. The van der Waals surface area contributed by atoms with Crippen molar-refractivity contribution in [3.63, 3.8) is 0 Å². The lowest BCUT2D eigenvalue weighted by molar-refractivity contribution is 0.0288. The Morgan fingerprint density at radius 3 is 2.74 bits per heavy atom. The second-order valence-electron chi connectivity index (χ2n) is 7.63. The fourth-order valence-corrected chi connectivity index (χ4v) is 2.83. The van der Waals surface area contributed by atoms with Crippen LogP contribution in [0.25, 0.3) is 16.9 Å². The minimum atomic E-state index is -0.553. The first-order valence-electron chi connectivity index (χ1n) is 8.81. The first-order valence-corrected chi connectivity index (χ1v) is 8.81. The molecule has 8 heteroatoms. The molecule has 0 spiro atoms. The van der Waals surface area contributed by atoms with Gasteiger partial charge in [0, 0.05) is 44.6 Å². The minimum Gasteiger partial charge on any atom is -0.444 e. The molecule has 0 aliphatic heterocycles. The van der Waals surface area contributed by atoms with Gasteiger partial charge in [-0.2, -0.15) is 0 Å². The second-order valence-corrected chi connectivity index (χ2v) is 7.63. The molecule has 0 unspecified atom stereocenters. The fraction of sp³-hybridized carbons (Fsp3) is 0.421. The van der Waals surface area contributed by atoms with E-state index in [-0.39, 0.29) is 6.54 Å². The maximum absolute atomic E-state index is 12.2. The quantitative estimate of drug-likeness (QED) is 0.762. The van der Waals surface area contributed by atoms with E-state index in [9.17, 15) is 4.79 Å². The Balaban J connectivity index is 1.81. The predicted octanol–water partition coefficient (Wildman–Crippen LogP) is 2.63. The third-order valence-corrected chi connectivity index (χ3v) is 4.13. The van der Waals surface area contributed by atoms with E-state index in [4.69, 9.17) is 15.5 Å². The molecule has 3 rings (SSSR count). The van der Waals surface area contributed by atoms with Gasteiger partial charge in [0.2, 0.25) is 0 Å². The SMILES string of the molecule is CN(C[C@H](N)c1nccn1-c1ccc2ccn(C)c2n1)C(=O)OC(C)(C)C. The number of aromatic nitrogens is 4. The van der Waals surface area contributed by atoms with Gasteiger partial charge in [-0.05, 0) is 39.0 Å². The lowest BCUT2D eigenvalue weighted by Crippen LogP contribution is -2.38. The van der Waals surface area contributed by atoms with Gasteiger partial charge in [0.25, 0.3) is 0 Å². The van der Waals surface area contributed by atoms with Crippen LogP contribution >= 0.6 is 0 Å². The third kappa shape index (κ3) is 4.11. The topological polar surface area (TPSA) is 91.2 Å². The molecule has 0 saturated heterocycles. The van der Waals surface area contributed by atoms with Gasteiger partial charge in [-0.25, -0.2) is 14.8 Å². The molecule has 0 radical (unpaired) electrons. The highest BCUT2D eigenvalue weighted by molar-refractivity contribution is 5.77. The summed E-state index contributed by atoms with van der Waals surface area (Å²) in [5.41, 5.74) is 6.66. The standard InChI is InChI=1S/C19H26N6O2/c1-19(2,3)27-18(26)24(5)12-14(20)17-21-9-11-25(17)15-7-6-13-8-10-23(4)16(13)22-15/h6-11,14H,12,20H2,1-5H3/t14-/m0/s1. The molecule has 3 aromatic heterocycles. The van der Waals surface area contributed by atoms with E-state index < -0.39 is 17.7 Å². The molecule has 3 aromatic rings. The summed E-state index contributed by atoms with van der Waals surface area (Å²) in [4.78, 5) is 22.7. The van der Waals surface area contributed by atoms with Gasteiger partial charge in [-0.1, -0.05) is 0 Å². The molecule has 0 aliphatic rings. The minimum absolute atomic E-state index is 0.276. The number of aryl methyl sites for hydroxylation is 1. The van der Waals surface area contributed by atoms with Gasteiger partial charge in [-0.15, -0.1) is 0 Å². The number of imidazole rings is 1. The molecular weight excluding hydrogens is 344 g/mol. The Labute approximate surface area is 158 Å². The van der Waals surface area contributed by atoms with Gasteiger partial charge in [0.1, 0.15) is 22.9 Å². The molecule has 3 heterocycles.